The van der Waals surface area contributed by atoms with E-state index in [0.717, 1.165) is 91.1 Å². The Morgan fingerprint density at radius 3 is 2.51 bits per heavy atom. The number of hydrogen-bond acceptors (Lipinski definition) is 7. The summed E-state index contributed by atoms with van der Waals surface area (Å²) in [5.41, 5.74) is 13.8. The highest BCUT2D eigenvalue weighted by Gasteiger charge is 2.41. The summed E-state index contributed by atoms with van der Waals surface area (Å²) >= 11 is 0. The first-order chi connectivity index (χ1) is 19.7. The van der Waals surface area contributed by atoms with Crippen molar-refractivity contribution >= 4 is 29.2 Å². The van der Waals surface area contributed by atoms with Crippen molar-refractivity contribution in [2.75, 3.05) is 0 Å². The van der Waals surface area contributed by atoms with Crippen molar-refractivity contribution in [2.24, 2.45) is 26.8 Å². The van der Waals surface area contributed by atoms with E-state index < -0.39 is 5.78 Å². The zero-order valence-corrected chi connectivity index (χ0v) is 24.2. The van der Waals surface area contributed by atoms with Crippen molar-refractivity contribution in [1.29, 1.82) is 0 Å². The minimum Gasteiger partial charge on any atom is -0.511 e. The van der Waals surface area contributed by atoms with Crippen LogP contribution in [0.5, 0.6) is 0 Å². The molecule has 0 saturated carbocycles. The molecule has 6 aliphatic rings. The molecule has 208 valence electrons. The molecule has 0 amide bonds. The van der Waals surface area contributed by atoms with Crippen LogP contribution in [0.25, 0.3) is 0 Å². The predicted octanol–water partition coefficient (Wildman–Crippen LogP) is 6.39. The van der Waals surface area contributed by atoms with Gasteiger partial charge in [0.05, 0.1) is 34.2 Å². The molecule has 0 radical (unpaired) electrons. The first-order valence-electron chi connectivity index (χ1n) is 14.2. The van der Waals surface area contributed by atoms with Crippen molar-refractivity contribution in [3.05, 3.63) is 104 Å². The van der Waals surface area contributed by atoms with Crippen LogP contribution in [0.4, 0.5) is 0 Å². The average Bonchev–Trinajstić information content (AvgIpc) is 3.70. The van der Waals surface area contributed by atoms with Gasteiger partial charge in [-0.3, -0.25) is 9.59 Å². The van der Waals surface area contributed by atoms with E-state index in [1.165, 1.54) is 0 Å². The number of aldehydes is 1. The van der Waals surface area contributed by atoms with Gasteiger partial charge >= 0.3 is 0 Å². The SMILES string of the molecule is C=CC1=C(C)C2=NC1=CC1=NC(=CC3=C(C)C4=C(O)CC(=C5NC(=C2)[C@@H](C)C5CCC(=O)C=O)C4=N3)C(CC)=C1C. The van der Waals surface area contributed by atoms with Crippen LogP contribution in [0.2, 0.25) is 0 Å². The fourth-order valence-corrected chi connectivity index (χ4v) is 6.74. The molecule has 0 aromatic heterocycles. The molecule has 5 aliphatic heterocycles. The Kier molecular flexibility index (Phi) is 6.48. The molecule has 1 aliphatic carbocycles. The minimum absolute atomic E-state index is 0.0323. The van der Waals surface area contributed by atoms with E-state index in [-0.39, 0.29) is 18.3 Å². The van der Waals surface area contributed by atoms with Crippen molar-refractivity contribution in [2.45, 2.75) is 60.3 Å². The van der Waals surface area contributed by atoms with Gasteiger partial charge in [-0.2, -0.15) is 0 Å². The number of ketones is 1. The Labute approximate surface area is 240 Å². The molecule has 1 saturated heterocycles. The number of Topliss-reactive ketones (excluding diaryl/α,β-unsaturated/α-hetero) is 1. The molecule has 1 fully saturated rings. The van der Waals surface area contributed by atoms with E-state index in [1.54, 1.807) is 0 Å². The lowest BCUT2D eigenvalue weighted by Crippen LogP contribution is -2.15. The Balaban J connectivity index is 1.60. The Morgan fingerprint density at radius 2 is 1.80 bits per heavy atom. The smallest absolute Gasteiger partial charge is 0.195 e. The number of hydrogen-bond donors (Lipinski definition) is 2. The zero-order valence-electron chi connectivity index (χ0n) is 24.2. The third-order valence-corrected chi connectivity index (χ3v) is 9.14. The highest BCUT2D eigenvalue weighted by Crippen LogP contribution is 2.46. The number of rotatable bonds is 6. The van der Waals surface area contributed by atoms with Gasteiger partial charge in [0, 0.05) is 52.8 Å². The van der Waals surface area contributed by atoms with Gasteiger partial charge in [-0.15, -0.1) is 0 Å². The number of aliphatic hydroxyl groups is 1. The van der Waals surface area contributed by atoms with Gasteiger partial charge in [-0.1, -0.05) is 26.5 Å². The minimum atomic E-state index is -0.411. The molecule has 0 aromatic rings. The maximum absolute atomic E-state index is 12.0. The Hall–Kier alpha value is -4.39. The largest absolute Gasteiger partial charge is 0.511 e. The van der Waals surface area contributed by atoms with Crippen LogP contribution in [0.3, 0.4) is 0 Å². The summed E-state index contributed by atoms with van der Waals surface area (Å²) in [6.07, 6.45) is 10.3. The fourth-order valence-electron chi connectivity index (χ4n) is 6.74. The van der Waals surface area contributed by atoms with Gasteiger partial charge in [0.2, 0.25) is 0 Å². The van der Waals surface area contributed by atoms with Crippen LogP contribution < -0.4 is 5.32 Å². The summed E-state index contributed by atoms with van der Waals surface area (Å²) in [7, 11) is 0. The van der Waals surface area contributed by atoms with Gasteiger partial charge in [0.1, 0.15) is 5.76 Å². The molecular weight excluding hydrogens is 512 g/mol. The molecule has 2 atom stereocenters. The number of nitrogens with zero attached hydrogens (tertiary/aromatic N) is 3. The molecule has 6 rings (SSSR count). The van der Waals surface area contributed by atoms with Crippen molar-refractivity contribution < 1.29 is 14.7 Å². The summed E-state index contributed by atoms with van der Waals surface area (Å²) in [4.78, 5) is 38.3. The van der Waals surface area contributed by atoms with E-state index in [1.807, 2.05) is 25.2 Å². The maximum Gasteiger partial charge on any atom is 0.195 e. The van der Waals surface area contributed by atoms with Gasteiger partial charge in [0.15, 0.2) is 12.1 Å². The van der Waals surface area contributed by atoms with Gasteiger partial charge in [-0.05, 0) is 74.1 Å². The van der Waals surface area contributed by atoms with Crippen LogP contribution in [-0.4, -0.2) is 34.3 Å². The molecular formula is C34H34N4O3. The molecule has 2 N–H and O–H groups in total. The number of allylic oxidation sites excluding steroid dienone is 12. The number of fused-ring (bicyclic) bond motifs is 5. The predicted molar refractivity (Wildman–Crippen MR) is 163 cm³/mol. The second-order valence-electron chi connectivity index (χ2n) is 11.4. The molecule has 5 heterocycles. The van der Waals surface area contributed by atoms with E-state index in [9.17, 15) is 14.7 Å². The van der Waals surface area contributed by atoms with Crippen molar-refractivity contribution in [1.82, 2.24) is 5.32 Å². The second kappa shape index (κ2) is 9.91. The molecule has 0 spiro atoms. The third-order valence-electron chi connectivity index (χ3n) is 9.14. The Bertz CT molecular complexity index is 1710. The zero-order chi connectivity index (χ0) is 29.2. The molecule has 7 heteroatoms. The molecule has 41 heavy (non-hydrogen) atoms. The lowest BCUT2D eigenvalue weighted by Gasteiger charge is -2.17. The lowest BCUT2D eigenvalue weighted by molar-refractivity contribution is -0.130. The number of carbonyl (C=O) groups is 2. The molecule has 7 nitrogen and oxygen atoms in total. The number of aliphatic imine (C=N–C) groups is 3. The summed E-state index contributed by atoms with van der Waals surface area (Å²) in [6.45, 7) is 14.5. The highest BCUT2D eigenvalue weighted by molar-refractivity contribution is 6.25. The molecule has 0 aromatic carbocycles. The lowest BCUT2D eigenvalue weighted by atomic mass is 9.85. The third kappa shape index (κ3) is 4.14. The summed E-state index contributed by atoms with van der Waals surface area (Å²) in [6, 6.07) is 0. The van der Waals surface area contributed by atoms with Gasteiger partial charge < -0.3 is 10.4 Å². The van der Waals surface area contributed by atoms with Crippen molar-refractivity contribution in [3.8, 4) is 0 Å². The maximum atomic E-state index is 12.0. The van der Waals surface area contributed by atoms with Gasteiger partial charge in [0.25, 0.3) is 0 Å². The number of nitrogens with one attached hydrogen (secondary N) is 1. The standard InChI is InChI=1S/C34H34N4O3/c1-7-21-16(3)25-12-27-18(5)23(10-9-20(40)15-39)33(37-27)24-11-31(41)32-19(6)28(38-34(24)32)14-30-22(8-2)17(4)26(36-30)13-29(21)35-25/h7,12-15,18,23,37,41H,1,8-11H2,2-6H3/t18-,23?/m0/s1. The summed E-state index contributed by atoms with van der Waals surface area (Å²) in [5, 5.41) is 14.8. The second-order valence-corrected chi connectivity index (χ2v) is 11.4. The fraction of sp³-hybridized carbons (Fsp3) is 0.324. The molecule has 1 unspecified atom stereocenters. The first-order valence-corrected chi connectivity index (χ1v) is 14.2. The van der Waals surface area contributed by atoms with E-state index in [4.69, 9.17) is 15.0 Å². The van der Waals surface area contributed by atoms with Gasteiger partial charge in [-0.25, -0.2) is 15.0 Å². The van der Waals surface area contributed by atoms with Crippen LogP contribution in [0, 0.1) is 11.8 Å². The van der Waals surface area contributed by atoms with E-state index in [0.29, 0.717) is 24.9 Å². The number of aliphatic hydroxyl groups excluding tert-OH is 1. The van der Waals surface area contributed by atoms with Crippen molar-refractivity contribution in [3.63, 3.8) is 0 Å². The monoisotopic (exact) mass is 546 g/mol. The van der Waals surface area contributed by atoms with E-state index in [2.05, 4.69) is 45.7 Å². The summed E-state index contributed by atoms with van der Waals surface area (Å²) < 4.78 is 0. The van der Waals surface area contributed by atoms with Crippen LogP contribution in [0.1, 0.15) is 60.3 Å². The topological polar surface area (TPSA) is 103 Å². The molecule has 8 bridgehead atoms. The summed E-state index contributed by atoms with van der Waals surface area (Å²) in [5.74, 6) is -0.129. The van der Waals surface area contributed by atoms with Crippen LogP contribution in [-0.2, 0) is 9.59 Å². The van der Waals surface area contributed by atoms with Crippen LogP contribution >= 0.6 is 0 Å². The first kappa shape index (κ1) is 26.8. The highest BCUT2D eigenvalue weighted by atomic mass is 16.3. The quantitative estimate of drug-likeness (QED) is 0.297. The number of carbonyl (C=O) groups excluding carboxylic acids is 2. The van der Waals surface area contributed by atoms with Crippen LogP contribution in [0.15, 0.2) is 119 Å². The Morgan fingerprint density at radius 1 is 1.07 bits per heavy atom. The normalized spacial score (nSPS) is 24.9. The van der Waals surface area contributed by atoms with E-state index >= 15 is 0 Å². The average molecular weight is 547 g/mol.